The number of hydrogen-bond acceptors (Lipinski definition) is 4. The lowest BCUT2D eigenvalue weighted by atomic mass is 10.2. The molecule has 1 aromatic heterocycles. The molecule has 0 spiro atoms. The summed E-state index contributed by atoms with van der Waals surface area (Å²) in [5.41, 5.74) is 0.665. The number of aromatic nitrogens is 2. The number of nitrogens with one attached hydrogen (secondary N) is 1. The lowest BCUT2D eigenvalue weighted by Gasteiger charge is -2.28. The van der Waals surface area contributed by atoms with Gasteiger partial charge in [0.05, 0.1) is 47.4 Å². The van der Waals surface area contributed by atoms with E-state index in [0.29, 0.717) is 34.7 Å². The molecule has 0 amide bonds. The number of nitriles is 1. The fourth-order valence-electron chi connectivity index (χ4n) is 3.10. The summed E-state index contributed by atoms with van der Waals surface area (Å²) in [6, 6.07) is 10.6. The Morgan fingerprint density at radius 2 is 1.84 bits per heavy atom. The zero-order chi connectivity index (χ0) is 18.6. The number of hydrogen-bond donors (Lipinski definition) is 1. The number of nitrogens with zero attached hydrogens (tertiary/aromatic N) is 3. The van der Waals surface area contributed by atoms with Crippen LogP contribution in [0.2, 0.25) is 0 Å². The average Bonchev–Trinajstić information content (AvgIpc) is 2.56. The summed E-state index contributed by atoms with van der Waals surface area (Å²) >= 11 is 1.35. The first-order valence-corrected chi connectivity index (χ1v) is 9.64. The second-order valence-electron chi connectivity index (χ2n) is 6.89. The van der Waals surface area contributed by atoms with E-state index in [1.807, 2.05) is 31.2 Å². The van der Waals surface area contributed by atoms with Crippen LogP contribution in [0.3, 0.4) is 0 Å². The van der Waals surface area contributed by atoms with E-state index in [2.05, 4.69) is 38.7 Å². The van der Waals surface area contributed by atoms with Gasteiger partial charge in [-0.15, -0.1) is 0 Å². The molecular weight excluding hydrogens is 332 g/mol. The first-order valence-electron chi connectivity index (χ1n) is 8.76. The Morgan fingerprint density at radius 3 is 2.44 bits per heavy atom. The number of para-hydroxylation sites is 1. The Bertz CT molecular complexity index is 814. The lowest BCUT2D eigenvalue weighted by molar-refractivity contribution is -0.942. The number of fused-ring (bicyclic) bond motifs is 1. The molecule has 0 bridgehead atoms. The van der Waals surface area contributed by atoms with E-state index in [1.54, 1.807) is 4.57 Å². The molecule has 134 valence electrons. The van der Waals surface area contributed by atoms with Crippen molar-refractivity contribution in [2.75, 3.05) is 6.54 Å². The third kappa shape index (κ3) is 4.62. The smallest absolute Gasteiger partial charge is 0.262 e. The number of quaternary nitrogens is 1. The highest BCUT2D eigenvalue weighted by molar-refractivity contribution is 8.00. The number of benzene rings is 1. The molecule has 0 unspecified atom stereocenters. The molecule has 0 aliphatic rings. The molecule has 1 atom stereocenters. The summed E-state index contributed by atoms with van der Waals surface area (Å²) in [6.07, 6.45) is 0. The quantitative estimate of drug-likeness (QED) is 0.607. The Labute approximate surface area is 153 Å². The van der Waals surface area contributed by atoms with Crippen LogP contribution < -0.4 is 10.5 Å². The summed E-state index contributed by atoms with van der Waals surface area (Å²) in [6.45, 7) is 12.1. The lowest BCUT2D eigenvalue weighted by Crippen LogP contribution is -3.18. The van der Waals surface area contributed by atoms with Crippen LogP contribution >= 0.6 is 11.8 Å². The average molecular weight is 360 g/mol. The third-order valence-corrected chi connectivity index (χ3v) is 5.38. The van der Waals surface area contributed by atoms with Gasteiger partial charge in [-0.1, -0.05) is 23.9 Å². The van der Waals surface area contributed by atoms with E-state index in [0.717, 1.165) is 6.54 Å². The molecule has 1 heterocycles. The van der Waals surface area contributed by atoms with Gasteiger partial charge in [0.1, 0.15) is 0 Å². The molecule has 6 heteroatoms. The van der Waals surface area contributed by atoms with Crippen LogP contribution in [0.5, 0.6) is 0 Å². The predicted molar refractivity (Wildman–Crippen MR) is 103 cm³/mol. The minimum absolute atomic E-state index is 0.0231. The highest BCUT2D eigenvalue weighted by atomic mass is 32.2. The third-order valence-electron chi connectivity index (χ3n) is 4.40. The summed E-state index contributed by atoms with van der Waals surface area (Å²) in [5, 5.41) is 10.2. The van der Waals surface area contributed by atoms with E-state index in [1.165, 1.54) is 16.7 Å². The molecule has 0 aliphatic carbocycles. The Balaban J connectivity index is 2.45. The molecular formula is C19H27N4OS+. The van der Waals surface area contributed by atoms with Gasteiger partial charge in [0.15, 0.2) is 5.16 Å². The van der Waals surface area contributed by atoms with Crippen LogP contribution in [-0.2, 0) is 6.54 Å². The molecule has 1 N–H and O–H groups in total. The van der Waals surface area contributed by atoms with Gasteiger partial charge in [0.2, 0.25) is 0 Å². The number of thioether (sulfide) groups is 1. The van der Waals surface area contributed by atoms with Crippen molar-refractivity contribution < 1.29 is 4.90 Å². The largest absolute Gasteiger partial charge is 0.330 e. The van der Waals surface area contributed by atoms with Crippen molar-refractivity contribution in [1.29, 1.82) is 5.26 Å². The molecule has 2 aromatic rings. The van der Waals surface area contributed by atoms with Gasteiger partial charge in [0.25, 0.3) is 5.56 Å². The normalized spacial score (nSPS) is 12.9. The van der Waals surface area contributed by atoms with Crippen LogP contribution in [0.1, 0.15) is 34.6 Å². The van der Waals surface area contributed by atoms with E-state index in [-0.39, 0.29) is 10.8 Å². The van der Waals surface area contributed by atoms with Gasteiger partial charge >= 0.3 is 0 Å². The Kier molecular flexibility index (Phi) is 6.63. The van der Waals surface area contributed by atoms with Crippen molar-refractivity contribution in [2.24, 2.45) is 0 Å². The highest BCUT2D eigenvalue weighted by Gasteiger charge is 2.20. The minimum Gasteiger partial charge on any atom is -0.330 e. The van der Waals surface area contributed by atoms with E-state index in [9.17, 15) is 4.79 Å². The molecule has 5 nitrogen and oxygen atoms in total. The Hall–Kier alpha value is -1.84. The summed E-state index contributed by atoms with van der Waals surface area (Å²) in [4.78, 5) is 19.1. The second-order valence-corrected chi connectivity index (χ2v) is 8.20. The molecule has 1 aromatic carbocycles. The van der Waals surface area contributed by atoms with Gasteiger partial charge in [-0.3, -0.25) is 9.36 Å². The SMILES string of the molecule is CC(C)[NH+](CCn1c(S[C@H](C)C#N)nc2ccccc2c1=O)C(C)C. The molecule has 0 aliphatic heterocycles. The molecule has 2 rings (SSSR count). The first kappa shape index (κ1) is 19.5. The summed E-state index contributed by atoms with van der Waals surface area (Å²) in [7, 11) is 0. The van der Waals surface area contributed by atoms with Gasteiger partial charge in [0, 0.05) is 0 Å². The highest BCUT2D eigenvalue weighted by Crippen LogP contribution is 2.21. The van der Waals surface area contributed by atoms with Crippen LogP contribution in [0.25, 0.3) is 10.9 Å². The number of rotatable bonds is 7. The van der Waals surface area contributed by atoms with Crippen molar-refractivity contribution in [2.45, 2.75) is 63.7 Å². The zero-order valence-electron chi connectivity index (χ0n) is 15.6. The van der Waals surface area contributed by atoms with Gasteiger partial charge < -0.3 is 4.90 Å². The fraction of sp³-hybridized carbons (Fsp3) is 0.526. The fourth-order valence-corrected chi connectivity index (χ4v) is 3.93. The van der Waals surface area contributed by atoms with Crippen molar-refractivity contribution >= 4 is 22.7 Å². The topological polar surface area (TPSA) is 63.1 Å². The Morgan fingerprint density at radius 1 is 1.20 bits per heavy atom. The molecule has 0 radical (unpaired) electrons. The maximum Gasteiger partial charge on any atom is 0.262 e. The van der Waals surface area contributed by atoms with Crippen molar-refractivity contribution in [3.8, 4) is 6.07 Å². The second kappa shape index (κ2) is 8.50. The van der Waals surface area contributed by atoms with E-state index < -0.39 is 0 Å². The molecule has 0 saturated heterocycles. The van der Waals surface area contributed by atoms with Crippen LogP contribution in [0, 0.1) is 11.3 Å². The van der Waals surface area contributed by atoms with Crippen molar-refractivity contribution in [3.05, 3.63) is 34.6 Å². The summed E-state index contributed by atoms with van der Waals surface area (Å²) < 4.78 is 1.74. The molecule has 0 fully saturated rings. The zero-order valence-corrected chi connectivity index (χ0v) is 16.4. The minimum atomic E-state index is -0.252. The standard InChI is InChI=1S/C19H26N4OS/c1-13(2)22(14(3)4)10-11-23-18(24)16-8-6-7-9-17(16)21-19(23)25-15(5)12-20/h6-9,13-15H,10-11H2,1-5H3/p+1/t15-/m1/s1. The maximum atomic E-state index is 13.0. The van der Waals surface area contributed by atoms with Gasteiger partial charge in [-0.25, -0.2) is 4.98 Å². The van der Waals surface area contributed by atoms with Crippen molar-refractivity contribution in [3.63, 3.8) is 0 Å². The van der Waals surface area contributed by atoms with Gasteiger partial charge in [-0.05, 0) is 46.8 Å². The predicted octanol–water partition coefficient (Wildman–Crippen LogP) is 2.10. The monoisotopic (exact) mass is 359 g/mol. The maximum absolute atomic E-state index is 13.0. The molecule has 25 heavy (non-hydrogen) atoms. The molecule has 0 saturated carbocycles. The van der Waals surface area contributed by atoms with Crippen LogP contribution in [0.4, 0.5) is 0 Å². The van der Waals surface area contributed by atoms with Crippen LogP contribution in [-0.4, -0.2) is 33.4 Å². The van der Waals surface area contributed by atoms with E-state index in [4.69, 9.17) is 5.26 Å². The summed E-state index contributed by atoms with van der Waals surface area (Å²) in [5.74, 6) is 0. The first-order chi connectivity index (χ1) is 11.8. The van der Waals surface area contributed by atoms with Crippen molar-refractivity contribution in [1.82, 2.24) is 9.55 Å². The van der Waals surface area contributed by atoms with Gasteiger partial charge in [-0.2, -0.15) is 5.26 Å². The van der Waals surface area contributed by atoms with E-state index >= 15 is 0 Å². The van der Waals surface area contributed by atoms with Crippen LogP contribution in [0.15, 0.2) is 34.2 Å².